The van der Waals surface area contributed by atoms with E-state index in [0.29, 0.717) is 11.3 Å². The van der Waals surface area contributed by atoms with Gasteiger partial charge in [0.25, 0.3) is 0 Å². The topological polar surface area (TPSA) is 166 Å². The third kappa shape index (κ3) is 10.6. The number of urea groups is 1. The van der Waals surface area contributed by atoms with Crippen LogP contribution in [0.5, 0.6) is 5.75 Å². The van der Waals surface area contributed by atoms with E-state index in [2.05, 4.69) is 68.4 Å². The number of alkyl halides is 3. The highest BCUT2D eigenvalue weighted by molar-refractivity contribution is 7.16. The predicted molar refractivity (Wildman–Crippen MR) is 197 cm³/mol. The van der Waals surface area contributed by atoms with Crippen LogP contribution in [0, 0.1) is 6.92 Å². The van der Waals surface area contributed by atoms with Crippen LogP contribution in [0.15, 0.2) is 103 Å². The molecule has 286 valence electrons. The van der Waals surface area contributed by atoms with Gasteiger partial charge in [0.15, 0.2) is 5.69 Å². The number of aromatic hydroxyl groups is 1. The highest BCUT2D eigenvalue weighted by Crippen LogP contribution is 2.24. The van der Waals surface area contributed by atoms with Crippen molar-refractivity contribution in [1.29, 1.82) is 0 Å². The summed E-state index contributed by atoms with van der Waals surface area (Å²) in [5.74, 6) is -3.73. The van der Waals surface area contributed by atoms with Crippen LogP contribution in [0.25, 0.3) is 21.4 Å². The number of carbonyl (C=O) groups is 4. The zero-order valence-corrected chi connectivity index (χ0v) is 30.5. The van der Waals surface area contributed by atoms with Crippen molar-refractivity contribution in [3.05, 3.63) is 125 Å². The third-order valence-electron chi connectivity index (χ3n) is 7.95. The Morgan fingerprint density at radius 1 is 0.927 bits per heavy atom. The molecule has 0 bridgehead atoms. The van der Waals surface area contributed by atoms with Crippen LogP contribution in [-0.2, 0) is 27.3 Å². The van der Waals surface area contributed by atoms with E-state index in [1.807, 2.05) is 18.3 Å². The number of thiazole rings is 1. The van der Waals surface area contributed by atoms with Gasteiger partial charge in [0, 0.05) is 17.0 Å². The van der Waals surface area contributed by atoms with Crippen molar-refractivity contribution >= 4 is 56.6 Å². The number of rotatable bonds is 10. The van der Waals surface area contributed by atoms with Crippen LogP contribution in [0.3, 0.4) is 0 Å². The second kappa shape index (κ2) is 17.2. The smallest absolute Gasteiger partial charge is 0.430 e. The summed E-state index contributed by atoms with van der Waals surface area (Å²) < 4.78 is 41.0. The molecule has 4 N–H and O–H groups in total. The molecule has 0 unspecified atom stereocenters. The van der Waals surface area contributed by atoms with Gasteiger partial charge in [-0.3, -0.25) is 4.79 Å². The van der Waals surface area contributed by atoms with Crippen molar-refractivity contribution in [2.75, 3.05) is 5.32 Å². The van der Waals surface area contributed by atoms with E-state index < -0.39 is 30.2 Å². The van der Waals surface area contributed by atoms with Gasteiger partial charge < -0.3 is 35.7 Å². The number of aliphatic carboxylic acids is 1. The van der Waals surface area contributed by atoms with Crippen LogP contribution in [0.1, 0.15) is 40.3 Å². The molecule has 0 spiro atoms. The molecule has 0 aliphatic rings. The molecule has 55 heavy (non-hydrogen) atoms. The summed E-state index contributed by atoms with van der Waals surface area (Å²) in [5.41, 5.74) is 3.41. The largest absolute Gasteiger partial charge is 0.542 e. The zero-order chi connectivity index (χ0) is 39.9. The number of carboxylic acid groups (broad SMARTS) is 1. The number of carboxylic acids is 1. The second-order valence-electron chi connectivity index (χ2n) is 12.6. The maximum absolute atomic E-state index is 13.7. The molecule has 0 aliphatic carbocycles. The number of nitrogens with one attached hydrogen (secondary N) is 3. The normalized spacial score (nSPS) is 11.8. The van der Waals surface area contributed by atoms with E-state index in [9.17, 15) is 32.7 Å². The minimum absolute atomic E-state index is 0.105. The maximum Gasteiger partial charge on any atom is 0.430 e. The van der Waals surface area contributed by atoms with Crippen molar-refractivity contribution in [3.8, 4) is 11.4 Å². The molecule has 2 aromatic heterocycles. The number of anilines is 1. The Kier molecular flexibility index (Phi) is 12.4. The number of hydrogen-bond donors (Lipinski definition) is 4. The number of amides is 3. The van der Waals surface area contributed by atoms with Crippen molar-refractivity contribution in [2.45, 2.75) is 52.1 Å². The van der Waals surface area contributed by atoms with Crippen LogP contribution < -0.4 is 25.5 Å². The second-order valence-corrected chi connectivity index (χ2v) is 13.8. The maximum atomic E-state index is 13.7. The number of benzene rings is 4. The summed E-state index contributed by atoms with van der Waals surface area (Å²) in [6, 6.07) is 25.8. The molecule has 0 saturated carbocycles. The molecule has 6 aromatic rings. The van der Waals surface area contributed by atoms with Gasteiger partial charge in [-0.1, -0.05) is 53.8 Å². The van der Waals surface area contributed by atoms with Gasteiger partial charge in [-0.25, -0.2) is 9.59 Å². The Morgan fingerprint density at radius 2 is 1.58 bits per heavy atom. The number of aryl methyl sites for hydroxylation is 1. The minimum Gasteiger partial charge on any atom is -0.542 e. The molecule has 3 amide bonds. The number of nitrogens with zero attached hydrogens (tertiary/aromatic N) is 2. The first-order valence-electron chi connectivity index (χ1n) is 16.8. The number of aromatic nitrogens is 2. The van der Waals surface area contributed by atoms with E-state index >= 15 is 0 Å². The van der Waals surface area contributed by atoms with E-state index in [-0.39, 0.29) is 30.7 Å². The molecule has 12 nitrogen and oxygen atoms in total. The summed E-state index contributed by atoms with van der Waals surface area (Å²) in [7, 11) is 0. The molecule has 6 rings (SSSR count). The Hall–Kier alpha value is -6.42. The predicted octanol–water partition coefficient (Wildman–Crippen LogP) is 5.36. The Balaban J connectivity index is 0.000000757. The van der Waals surface area contributed by atoms with Crippen LogP contribution in [-0.4, -0.2) is 51.9 Å². The molecule has 2 heterocycles. The number of phenolic OH excluding ortho intramolecular Hbond substituents is 1. The molecule has 0 saturated heterocycles. The molecule has 0 fully saturated rings. The van der Waals surface area contributed by atoms with Gasteiger partial charge in [0.1, 0.15) is 35.8 Å². The molecule has 16 heteroatoms. The Labute approximate surface area is 316 Å². The number of ether oxygens (including phenoxy) is 1. The number of carbonyl (C=O) groups excluding carboxylic acids is 4. The highest BCUT2D eigenvalue weighted by atomic mass is 32.1. The lowest BCUT2D eigenvalue weighted by molar-refractivity contribution is -0.506. The van der Waals surface area contributed by atoms with Gasteiger partial charge in [0.2, 0.25) is 5.91 Å². The van der Waals surface area contributed by atoms with Gasteiger partial charge in [-0.05, 0) is 85.6 Å². The quantitative estimate of drug-likeness (QED) is 0.108. The number of phenols is 1. The fourth-order valence-corrected chi connectivity index (χ4v) is 6.44. The Morgan fingerprint density at radius 3 is 2.22 bits per heavy atom. The summed E-state index contributed by atoms with van der Waals surface area (Å²) in [4.78, 5) is 50.0. The summed E-state index contributed by atoms with van der Waals surface area (Å²) in [6.07, 6.45) is -1.19. The summed E-state index contributed by atoms with van der Waals surface area (Å²) in [6.45, 7) is 5.81. The van der Waals surface area contributed by atoms with Crippen molar-refractivity contribution in [1.82, 2.24) is 15.2 Å². The molecular weight excluding hydrogens is 740 g/mol. The van der Waals surface area contributed by atoms with Crippen molar-refractivity contribution < 1.29 is 51.7 Å². The fraction of sp³-hybridized carbons (Fsp3) is 0.205. The van der Waals surface area contributed by atoms with Gasteiger partial charge >= 0.3 is 23.1 Å². The van der Waals surface area contributed by atoms with Gasteiger partial charge in [-0.2, -0.15) is 22.1 Å². The van der Waals surface area contributed by atoms with E-state index in [1.165, 1.54) is 0 Å². The first kappa shape index (κ1) is 39.8. The van der Waals surface area contributed by atoms with Crippen molar-refractivity contribution in [3.63, 3.8) is 0 Å². The lowest BCUT2D eigenvalue weighted by Crippen LogP contribution is -2.49. The number of fused-ring (bicyclic) bond motifs is 2. The standard InChI is InChI=1S/C37H35N5O5S.C2HF3O2/c1-23(2)47-35(45)27-10-13-29(14-11-27)39-36(46)40-33(18-25-8-16-32(43)17-9-25)34(44)38-20-31-22-41-21-24(3)48-37(41)42(31)30-15-12-26-6-4-5-7-28(26)19-30;3-2(4,5)1(6)7/h4-17,19,21-23,33H,18,20H2,1-3H3,(H3-,38,39,40,43,44,45,46);(H,6,7)/t33-;/m0./s1. The Bertz CT molecular complexity index is 2320. The molecular formula is C39H36F3N5O7S. The first-order valence-corrected chi connectivity index (χ1v) is 17.6. The van der Waals surface area contributed by atoms with Crippen molar-refractivity contribution in [2.24, 2.45) is 0 Å². The van der Waals surface area contributed by atoms with E-state index in [4.69, 9.17) is 14.6 Å². The molecule has 4 aromatic carbocycles. The minimum atomic E-state index is -5.19. The highest BCUT2D eigenvalue weighted by Gasteiger charge is 2.29. The molecule has 0 radical (unpaired) electrons. The zero-order valence-electron chi connectivity index (χ0n) is 29.7. The lowest BCUT2D eigenvalue weighted by atomic mass is 10.0. The molecule has 0 aliphatic heterocycles. The van der Waals surface area contributed by atoms with Crippen LogP contribution in [0.2, 0.25) is 0 Å². The van der Waals surface area contributed by atoms with Gasteiger partial charge in [0.05, 0.1) is 18.2 Å². The lowest BCUT2D eigenvalue weighted by Gasteiger charge is -2.19. The average molecular weight is 776 g/mol. The van der Waals surface area contributed by atoms with E-state index in [0.717, 1.165) is 37.6 Å². The molecule has 1 atom stereocenters. The van der Waals surface area contributed by atoms with E-state index in [1.54, 1.807) is 73.7 Å². The van der Waals surface area contributed by atoms with Crippen LogP contribution in [0.4, 0.5) is 23.7 Å². The monoisotopic (exact) mass is 775 g/mol. The first-order chi connectivity index (χ1) is 26.1. The average Bonchev–Trinajstić information content (AvgIpc) is 3.66. The third-order valence-corrected chi connectivity index (χ3v) is 8.95. The number of halogens is 3. The van der Waals surface area contributed by atoms with Gasteiger partial charge in [-0.15, -0.1) is 0 Å². The SMILES string of the molecule is Cc1c[n+]2cc(CNC(=O)[C@H](Cc3ccc(O)cc3)NC(=O)Nc3ccc(C(=O)OC(C)C)cc3)n(-c3ccc4ccccc4c3)c2s1.O=C([O-])C(F)(F)F. The van der Waals surface area contributed by atoms with Crippen LogP contribution >= 0.6 is 11.3 Å². The fourth-order valence-electron chi connectivity index (χ4n) is 5.46. The number of imidazole rings is 1. The number of hydrogen-bond acceptors (Lipinski definition) is 8. The number of esters is 1. The summed E-state index contributed by atoms with van der Waals surface area (Å²) >= 11 is 1.66. The summed E-state index contributed by atoms with van der Waals surface area (Å²) in [5, 5.41) is 29.4.